The van der Waals surface area contributed by atoms with Gasteiger partial charge in [-0.05, 0) is 44.0 Å². The molecule has 154 valence electrons. The molecule has 1 aromatic heterocycles. The second kappa shape index (κ2) is 9.73. The van der Waals surface area contributed by atoms with Crippen LogP contribution >= 0.6 is 0 Å². The van der Waals surface area contributed by atoms with E-state index >= 15 is 0 Å². The average Bonchev–Trinajstić information content (AvgIpc) is 3.15. The van der Waals surface area contributed by atoms with Gasteiger partial charge in [-0.3, -0.25) is 9.36 Å². The lowest BCUT2D eigenvalue weighted by atomic mass is 10.1. The van der Waals surface area contributed by atoms with Crippen molar-refractivity contribution in [3.05, 3.63) is 53.3 Å². The summed E-state index contributed by atoms with van der Waals surface area (Å²) in [5.41, 5.74) is 2.84. The zero-order valence-corrected chi connectivity index (χ0v) is 17.5. The predicted octanol–water partition coefficient (Wildman–Crippen LogP) is 3.99. The van der Waals surface area contributed by atoms with E-state index in [0.717, 1.165) is 5.56 Å². The van der Waals surface area contributed by atoms with Gasteiger partial charge in [-0.25, -0.2) is 0 Å². The van der Waals surface area contributed by atoms with Crippen LogP contribution in [0.25, 0.3) is 17.1 Å². The van der Waals surface area contributed by atoms with Crippen molar-refractivity contribution < 1.29 is 15.0 Å². The lowest BCUT2D eigenvalue weighted by Gasteiger charge is -2.13. The Morgan fingerprint density at radius 1 is 1.03 bits per heavy atom. The van der Waals surface area contributed by atoms with E-state index in [0.29, 0.717) is 35.6 Å². The first kappa shape index (κ1) is 21.9. The summed E-state index contributed by atoms with van der Waals surface area (Å²) in [5, 5.41) is 31.3. The maximum absolute atomic E-state index is 12.5. The number of carbonyl (C=O) groups is 1. The predicted molar refractivity (Wildman–Crippen MR) is 114 cm³/mol. The van der Waals surface area contributed by atoms with Crippen molar-refractivity contribution in [3.63, 3.8) is 0 Å². The number of aromatic nitrogens is 3. The van der Waals surface area contributed by atoms with E-state index < -0.39 is 0 Å². The molecule has 1 heterocycles. The molecule has 0 saturated carbocycles. The molecule has 0 atom stereocenters. The van der Waals surface area contributed by atoms with Crippen molar-refractivity contribution in [1.82, 2.24) is 20.1 Å². The van der Waals surface area contributed by atoms with Gasteiger partial charge in [-0.2, -0.15) is 0 Å². The van der Waals surface area contributed by atoms with Gasteiger partial charge in [0, 0.05) is 18.3 Å². The zero-order chi connectivity index (χ0) is 21.6. The third-order valence-corrected chi connectivity index (χ3v) is 4.31. The van der Waals surface area contributed by atoms with E-state index in [-0.39, 0.29) is 23.2 Å². The molecule has 1 amide bonds. The topological polar surface area (TPSA) is 100 Å². The molecule has 0 unspecified atom stereocenters. The fourth-order valence-electron chi connectivity index (χ4n) is 2.87. The van der Waals surface area contributed by atoms with Gasteiger partial charge in [0.2, 0.25) is 5.82 Å². The largest absolute Gasteiger partial charge is 0.508 e. The van der Waals surface area contributed by atoms with Gasteiger partial charge < -0.3 is 15.5 Å². The van der Waals surface area contributed by atoms with Crippen molar-refractivity contribution in [1.29, 1.82) is 0 Å². The summed E-state index contributed by atoms with van der Waals surface area (Å²) < 4.78 is 1.61. The summed E-state index contributed by atoms with van der Waals surface area (Å²) in [6.45, 7) is 10.2. The normalized spacial score (nSPS) is 10.2. The van der Waals surface area contributed by atoms with Gasteiger partial charge >= 0.3 is 0 Å². The van der Waals surface area contributed by atoms with E-state index in [4.69, 9.17) is 0 Å². The van der Waals surface area contributed by atoms with Crippen LogP contribution in [0.5, 0.6) is 11.5 Å². The second-order valence-electron chi connectivity index (χ2n) is 6.23. The van der Waals surface area contributed by atoms with Gasteiger partial charge in [-0.1, -0.05) is 38.5 Å². The molecule has 2 aromatic carbocycles. The van der Waals surface area contributed by atoms with Crippen LogP contribution in [0, 0.1) is 6.92 Å². The average molecular weight is 396 g/mol. The van der Waals surface area contributed by atoms with Crippen LogP contribution in [-0.2, 0) is 6.42 Å². The molecule has 0 fully saturated rings. The second-order valence-corrected chi connectivity index (χ2v) is 6.23. The number of carbonyl (C=O) groups excluding carboxylic acids is 1. The monoisotopic (exact) mass is 396 g/mol. The minimum absolute atomic E-state index is 0.0177. The maximum atomic E-state index is 12.5. The molecule has 0 aliphatic heterocycles. The quantitative estimate of drug-likeness (QED) is 0.605. The van der Waals surface area contributed by atoms with Gasteiger partial charge in [0.1, 0.15) is 11.5 Å². The fraction of sp³-hybridized carbons (Fsp3) is 0.318. The number of nitrogens with one attached hydrogen (secondary N) is 1. The highest BCUT2D eigenvalue weighted by molar-refractivity contribution is 5.92. The smallest absolute Gasteiger partial charge is 0.289 e. The Balaban J connectivity index is 0.00000145. The van der Waals surface area contributed by atoms with E-state index in [1.807, 2.05) is 58.9 Å². The molecule has 7 heteroatoms. The van der Waals surface area contributed by atoms with Crippen LogP contribution in [0.4, 0.5) is 0 Å². The number of aryl methyl sites for hydroxylation is 2. The van der Waals surface area contributed by atoms with E-state index in [1.54, 1.807) is 10.6 Å². The van der Waals surface area contributed by atoms with E-state index in [9.17, 15) is 15.0 Å². The highest BCUT2D eigenvalue weighted by atomic mass is 16.3. The number of phenolic OH excluding ortho intramolecular Hbond substituents is 2. The first-order valence-corrected chi connectivity index (χ1v) is 9.82. The molecule has 3 aromatic rings. The number of rotatable bonds is 5. The van der Waals surface area contributed by atoms with Gasteiger partial charge in [0.15, 0.2) is 5.82 Å². The lowest BCUT2D eigenvalue weighted by molar-refractivity contribution is 0.0943. The van der Waals surface area contributed by atoms with Crippen molar-refractivity contribution in [2.24, 2.45) is 0 Å². The number of hydrogen-bond donors (Lipinski definition) is 3. The molecule has 0 spiro atoms. The Bertz CT molecular complexity index is 978. The van der Waals surface area contributed by atoms with Crippen molar-refractivity contribution in [2.45, 2.75) is 41.0 Å². The Morgan fingerprint density at radius 2 is 1.69 bits per heavy atom. The van der Waals surface area contributed by atoms with Crippen LogP contribution in [-0.4, -0.2) is 37.4 Å². The number of aromatic hydroxyl groups is 2. The summed E-state index contributed by atoms with van der Waals surface area (Å²) in [5.74, 6) is -0.0173. The van der Waals surface area contributed by atoms with Gasteiger partial charge in [0.25, 0.3) is 5.91 Å². The lowest BCUT2D eigenvalue weighted by Crippen LogP contribution is -2.26. The summed E-state index contributed by atoms with van der Waals surface area (Å²) in [6.07, 6.45) is 0.584. The van der Waals surface area contributed by atoms with Crippen molar-refractivity contribution in [2.75, 3.05) is 6.54 Å². The minimum atomic E-state index is -0.356. The van der Waals surface area contributed by atoms with E-state index in [1.165, 1.54) is 6.07 Å². The third-order valence-electron chi connectivity index (χ3n) is 4.31. The molecule has 0 saturated heterocycles. The molecule has 0 aliphatic rings. The van der Waals surface area contributed by atoms with Crippen LogP contribution in [0.15, 0.2) is 36.4 Å². The van der Waals surface area contributed by atoms with Gasteiger partial charge in [-0.15, -0.1) is 10.2 Å². The van der Waals surface area contributed by atoms with Crippen LogP contribution < -0.4 is 5.32 Å². The number of benzene rings is 2. The number of amides is 1. The van der Waals surface area contributed by atoms with Gasteiger partial charge in [0.05, 0.1) is 5.56 Å². The summed E-state index contributed by atoms with van der Waals surface area (Å²) >= 11 is 0. The molecule has 0 bridgehead atoms. The Kier molecular flexibility index (Phi) is 7.36. The van der Waals surface area contributed by atoms with Crippen LogP contribution in [0.1, 0.15) is 49.4 Å². The highest BCUT2D eigenvalue weighted by Gasteiger charge is 2.23. The van der Waals surface area contributed by atoms with Crippen molar-refractivity contribution in [3.8, 4) is 28.6 Å². The maximum Gasteiger partial charge on any atom is 0.289 e. The summed E-state index contributed by atoms with van der Waals surface area (Å²) in [6, 6.07) is 10.5. The molecule has 0 aliphatic carbocycles. The molecule has 29 heavy (non-hydrogen) atoms. The molecule has 3 rings (SSSR count). The van der Waals surface area contributed by atoms with Crippen molar-refractivity contribution >= 4 is 5.91 Å². The molecular formula is C22H28N4O3. The number of hydrogen-bond acceptors (Lipinski definition) is 5. The minimum Gasteiger partial charge on any atom is -0.508 e. The summed E-state index contributed by atoms with van der Waals surface area (Å²) in [4.78, 5) is 12.5. The Morgan fingerprint density at radius 3 is 2.28 bits per heavy atom. The Labute approximate surface area is 171 Å². The van der Waals surface area contributed by atoms with E-state index in [2.05, 4.69) is 15.5 Å². The third kappa shape index (κ3) is 4.56. The molecule has 0 radical (unpaired) electrons. The molecular weight excluding hydrogens is 368 g/mol. The standard InChI is InChI=1S/C20H22N4O3.C2H6/c1-4-13-10-15(17(26)11-16(13)25)18-22-23-19(20(27)21-5-2)24(18)14-8-6-12(3)7-9-14;1-2/h6-11,25-26H,4-5H2,1-3H3,(H,21,27);1-2H3. The highest BCUT2D eigenvalue weighted by Crippen LogP contribution is 2.35. The molecule has 3 N–H and O–H groups in total. The zero-order valence-electron chi connectivity index (χ0n) is 17.5. The first-order chi connectivity index (χ1) is 14.0. The number of phenols is 2. The molecule has 7 nitrogen and oxygen atoms in total. The number of nitrogens with zero attached hydrogens (tertiary/aromatic N) is 3. The van der Waals surface area contributed by atoms with Crippen LogP contribution in [0.2, 0.25) is 0 Å². The Hall–Kier alpha value is -3.35. The SMILES string of the molecule is CC.CCNC(=O)c1nnc(-c2cc(CC)c(O)cc2O)n1-c1ccc(C)cc1. The fourth-order valence-corrected chi connectivity index (χ4v) is 2.87. The first-order valence-electron chi connectivity index (χ1n) is 9.82. The van der Waals surface area contributed by atoms with Crippen LogP contribution in [0.3, 0.4) is 0 Å². The summed E-state index contributed by atoms with van der Waals surface area (Å²) in [7, 11) is 0.